The fourth-order valence-corrected chi connectivity index (χ4v) is 2.71. The summed E-state index contributed by atoms with van der Waals surface area (Å²) in [5.74, 6) is 0.149. The van der Waals surface area contributed by atoms with Crippen molar-refractivity contribution in [1.82, 2.24) is 0 Å². The van der Waals surface area contributed by atoms with E-state index >= 15 is 0 Å². The van der Waals surface area contributed by atoms with Crippen LogP contribution in [0.3, 0.4) is 0 Å². The highest BCUT2D eigenvalue weighted by Crippen LogP contribution is 2.25. The summed E-state index contributed by atoms with van der Waals surface area (Å²) in [5, 5.41) is 0.327. The molecule has 0 heterocycles. The summed E-state index contributed by atoms with van der Waals surface area (Å²) in [5.41, 5.74) is 0.366. The minimum atomic E-state index is -0.651. The number of methoxy groups -OCH3 is 1. The zero-order valence-electron chi connectivity index (χ0n) is 16.2. The summed E-state index contributed by atoms with van der Waals surface area (Å²) in [7, 11) is 1.23. The molecule has 0 aliphatic heterocycles. The lowest BCUT2D eigenvalue weighted by molar-refractivity contribution is 0.0593. The minimum absolute atomic E-state index is 0.0645. The molecule has 0 radical (unpaired) electrons. The van der Waals surface area contributed by atoms with E-state index < -0.39 is 11.9 Å². The van der Waals surface area contributed by atoms with Crippen molar-refractivity contribution in [1.29, 1.82) is 0 Å². The molecule has 0 unspecified atom stereocenters. The second-order valence-corrected chi connectivity index (χ2v) is 6.49. The Morgan fingerprint density at radius 2 is 1.43 bits per heavy atom. The van der Waals surface area contributed by atoms with Crippen LogP contribution in [0.5, 0.6) is 17.2 Å². The molecule has 3 aromatic carbocycles. The third-order valence-corrected chi connectivity index (χ3v) is 4.24. The van der Waals surface area contributed by atoms with Gasteiger partial charge in [0.2, 0.25) is 0 Å². The molecule has 0 aromatic heterocycles. The summed E-state index contributed by atoms with van der Waals surface area (Å²) >= 11 is 5.90. The Bertz CT molecular complexity index is 1000. The SMILES string of the molecule is COC(=O)c1cc(Cl)ccc1OC(=O)c1ccc(OCCOc2ccccc2)cc1. The van der Waals surface area contributed by atoms with E-state index in [9.17, 15) is 9.59 Å². The first-order chi connectivity index (χ1) is 14.6. The molecular formula is C23H19ClO6. The number of carbonyl (C=O) groups is 2. The summed E-state index contributed by atoms with van der Waals surface area (Å²) in [4.78, 5) is 24.3. The number of halogens is 1. The van der Waals surface area contributed by atoms with Gasteiger partial charge < -0.3 is 18.9 Å². The van der Waals surface area contributed by atoms with E-state index in [4.69, 9.17) is 30.5 Å². The lowest BCUT2D eigenvalue weighted by Crippen LogP contribution is -2.12. The van der Waals surface area contributed by atoms with Crippen molar-refractivity contribution >= 4 is 23.5 Å². The highest BCUT2D eigenvalue weighted by atomic mass is 35.5. The third kappa shape index (κ3) is 5.75. The lowest BCUT2D eigenvalue weighted by atomic mass is 10.2. The zero-order valence-corrected chi connectivity index (χ0v) is 16.9. The maximum absolute atomic E-state index is 12.4. The first kappa shape index (κ1) is 21.2. The molecule has 0 saturated carbocycles. The zero-order chi connectivity index (χ0) is 21.3. The number of hydrogen-bond acceptors (Lipinski definition) is 6. The van der Waals surface area contributed by atoms with Crippen molar-refractivity contribution in [3.8, 4) is 17.2 Å². The molecule has 0 N–H and O–H groups in total. The van der Waals surface area contributed by atoms with Crippen LogP contribution >= 0.6 is 11.6 Å². The molecule has 0 bridgehead atoms. The van der Waals surface area contributed by atoms with Gasteiger partial charge in [-0.1, -0.05) is 29.8 Å². The molecule has 0 aliphatic rings. The minimum Gasteiger partial charge on any atom is -0.490 e. The fourth-order valence-electron chi connectivity index (χ4n) is 2.54. The molecule has 7 heteroatoms. The van der Waals surface area contributed by atoms with E-state index in [2.05, 4.69) is 0 Å². The number of rotatable bonds is 8. The molecular weight excluding hydrogens is 408 g/mol. The van der Waals surface area contributed by atoms with Crippen molar-refractivity contribution in [3.05, 3.63) is 88.9 Å². The van der Waals surface area contributed by atoms with Gasteiger partial charge in [-0.25, -0.2) is 9.59 Å². The Balaban J connectivity index is 1.56. The molecule has 3 aromatic rings. The average molecular weight is 427 g/mol. The van der Waals surface area contributed by atoms with Crippen LogP contribution in [0.25, 0.3) is 0 Å². The van der Waals surface area contributed by atoms with Crippen molar-refractivity contribution < 1.29 is 28.5 Å². The van der Waals surface area contributed by atoms with E-state index in [1.165, 1.54) is 25.3 Å². The highest BCUT2D eigenvalue weighted by molar-refractivity contribution is 6.31. The fraction of sp³-hybridized carbons (Fsp3) is 0.130. The first-order valence-electron chi connectivity index (χ1n) is 9.07. The van der Waals surface area contributed by atoms with Crippen LogP contribution in [0.15, 0.2) is 72.8 Å². The summed E-state index contributed by atoms with van der Waals surface area (Å²) in [6.07, 6.45) is 0. The monoisotopic (exact) mass is 426 g/mol. The molecule has 154 valence electrons. The standard InChI is InChI=1S/C23H19ClO6/c1-27-23(26)20-15-17(24)9-12-21(20)30-22(25)16-7-10-19(11-8-16)29-14-13-28-18-5-3-2-4-6-18/h2-12,15H,13-14H2,1H3. The van der Waals surface area contributed by atoms with Crippen molar-refractivity contribution in [3.63, 3.8) is 0 Å². The third-order valence-electron chi connectivity index (χ3n) is 4.00. The summed E-state index contributed by atoms with van der Waals surface area (Å²) in [6, 6.07) is 20.2. The maximum atomic E-state index is 12.4. The Hall–Kier alpha value is -3.51. The van der Waals surface area contributed by atoms with Crippen LogP contribution in [-0.4, -0.2) is 32.3 Å². The van der Waals surface area contributed by atoms with E-state index in [1.54, 1.807) is 24.3 Å². The quantitative estimate of drug-likeness (QED) is 0.292. The number of hydrogen-bond donors (Lipinski definition) is 0. The molecule has 0 saturated heterocycles. The van der Waals surface area contributed by atoms with Crippen LogP contribution < -0.4 is 14.2 Å². The Morgan fingerprint density at radius 1 is 0.800 bits per heavy atom. The van der Waals surface area contributed by atoms with E-state index in [0.717, 1.165) is 5.75 Å². The van der Waals surface area contributed by atoms with Gasteiger partial charge in [0.05, 0.1) is 12.7 Å². The Labute approximate surface area is 178 Å². The van der Waals surface area contributed by atoms with Gasteiger partial charge in [-0.3, -0.25) is 0 Å². The van der Waals surface area contributed by atoms with Crippen molar-refractivity contribution in [2.45, 2.75) is 0 Å². The second kappa shape index (κ2) is 10.3. The molecule has 6 nitrogen and oxygen atoms in total. The maximum Gasteiger partial charge on any atom is 0.343 e. The molecule has 0 atom stereocenters. The molecule has 0 aliphatic carbocycles. The van der Waals surface area contributed by atoms with Crippen LogP contribution in [0, 0.1) is 0 Å². The molecule has 0 amide bonds. The van der Waals surface area contributed by atoms with E-state index in [-0.39, 0.29) is 11.3 Å². The molecule has 0 fully saturated rings. The van der Waals surface area contributed by atoms with Crippen molar-refractivity contribution in [2.24, 2.45) is 0 Å². The molecule has 3 rings (SSSR count). The Morgan fingerprint density at radius 3 is 2.07 bits per heavy atom. The van der Waals surface area contributed by atoms with Crippen LogP contribution in [0.4, 0.5) is 0 Å². The van der Waals surface area contributed by atoms with Crippen molar-refractivity contribution in [2.75, 3.05) is 20.3 Å². The number of ether oxygens (including phenoxy) is 4. The predicted molar refractivity (Wildman–Crippen MR) is 112 cm³/mol. The Kier molecular flexibility index (Phi) is 7.29. The number of esters is 2. The van der Waals surface area contributed by atoms with Gasteiger partial charge in [-0.15, -0.1) is 0 Å². The normalized spacial score (nSPS) is 10.2. The van der Waals surface area contributed by atoms with Gasteiger partial charge in [-0.05, 0) is 54.6 Å². The van der Waals surface area contributed by atoms with Gasteiger partial charge in [0.1, 0.15) is 36.0 Å². The van der Waals surface area contributed by atoms with Crippen LogP contribution in [-0.2, 0) is 4.74 Å². The second-order valence-electron chi connectivity index (χ2n) is 6.06. The van der Waals surface area contributed by atoms with E-state index in [0.29, 0.717) is 29.5 Å². The first-order valence-corrected chi connectivity index (χ1v) is 9.45. The van der Waals surface area contributed by atoms with Crippen LogP contribution in [0.1, 0.15) is 20.7 Å². The smallest absolute Gasteiger partial charge is 0.343 e. The van der Waals surface area contributed by atoms with Gasteiger partial charge in [0, 0.05) is 5.02 Å². The number of carbonyl (C=O) groups excluding carboxylic acids is 2. The molecule has 0 spiro atoms. The average Bonchev–Trinajstić information content (AvgIpc) is 2.78. The highest BCUT2D eigenvalue weighted by Gasteiger charge is 2.17. The van der Waals surface area contributed by atoms with Gasteiger partial charge >= 0.3 is 11.9 Å². The van der Waals surface area contributed by atoms with Gasteiger partial charge in [-0.2, -0.15) is 0 Å². The summed E-state index contributed by atoms with van der Waals surface area (Å²) < 4.78 is 21.2. The predicted octanol–water partition coefficient (Wildman–Crippen LogP) is 4.80. The molecule has 30 heavy (non-hydrogen) atoms. The summed E-state index contributed by atoms with van der Waals surface area (Å²) in [6.45, 7) is 0.743. The van der Waals surface area contributed by atoms with Crippen LogP contribution in [0.2, 0.25) is 5.02 Å². The van der Waals surface area contributed by atoms with Gasteiger partial charge in [0.15, 0.2) is 0 Å². The largest absolute Gasteiger partial charge is 0.490 e. The topological polar surface area (TPSA) is 71.1 Å². The van der Waals surface area contributed by atoms with E-state index in [1.807, 2.05) is 30.3 Å². The lowest BCUT2D eigenvalue weighted by Gasteiger charge is -2.10. The number of para-hydroxylation sites is 1. The van der Waals surface area contributed by atoms with Gasteiger partial charge in [0.25, 0.3) is 0 Å². The number of benzene rings is 3.